The molecule has 1 heterocycles. The van der Waals surface area contributed by atoms with Gasteiger partial charge in [0, 0.05) is 6.42 Å². The van der Waals surface area contributed by atoms with Crippen LogP contribution in [0.15, 0.2) is 12.7 Å². The Morgan fingerprint density at radius 3 is 2.85 bits per heavy atom. The molecule has 1 aliphatic heterocycles. The van der Waals surface area contributed by atoms with Crippen LogP contribution in [0.2, 0.25) is 0 Å². The lowest BCUT2D eigenvalue weighted by molar-refractivity contribution is -0.152. The smallest absolute Gasteiger partial charge is 0.0731 e. The van der Waals surface area contributed by atoms with E-state index in [-0.39, 0.29) is 5.60 Å². The highest BCUT2D eigenvalue weighted by molar-refractivity contribution is 4.95. The summed E-state index contributed by atoms with van der Waals surface area (Å²) in [4.78, 5) is 0. The van der Waals surface area contributed by atoms with Crippen LogP contribution in [0.1, 0.15) is 39.5 Å². The normalized spacial score (nSPS) is 40.2. The van der Waals surface area contributed by atoms with E-state index >= 15 is 0 Å². The number of ether oxygens (including phenoxy) is 1. The van der Waals surface area contributed by atoms with Crippen LogP contribution in [-0.4, -0.2) is 22.9 Å². The van der Waals surface area contributed by atoms with Gasteiger partial charge in [-0.1, -0.05) is 13.0 Å². The molecule has 1 aliphatic rings. The SMILES string of the molecule is C=CCC1(O)CCOC(C)(CC)C1. The van der Waals surface area contributed by atoms with E-state index in [1.165, 1.54) is 0 Å². The molecule has 0 aromatic heterocycles. The Bertz CT molecular complexity index is 191. The molecular weight excluding hydrogens is 164 g/mol. The van der Waals surface area contributed by atoms with Gasteiger partial charge in [0.25, 0.3) is 0 Å². The standard InChI is InChI=1S/C11H20O2/c1-4-6-11(12)7-8-13-10(3,5-2)9-11/h4,12H,1,5-9H2,2-3H3. The first-order valence-corrected chi connectivity index (χ1v) is 5.01. The third-order valence-corrected chi connectivity index (χ3v) is 2.99. The maximum atomic E-state index is 10.2. The van der Waals surface area contributed by atoms with Gasteiger partial charge in [0.1, 0.15) is 0 Å². The molecule has 0 aromatic rings. The lowest BCUT2D eigenvalue weighted by Gasteiger charge is -2.42. The summed E-state index contributed by atoms with van der Waals surface area (Å²) in [5.74, 6) is 0. The summed E-state index contributed by atoms with van der Waals surface area (Å²) in [5, 5.41) is 10.2. The highest BCUT2D eigenvalue weighted by atomic mass is 16.5. The van der Waals surface area contributed by atoms with Crippen molar-refractivity contribution in [3.05, 3.63) is 12.7 Å². The van der Waals surface area contributed by atoms with Gasteiger partial charge in [-0.2, -0.15) is 0 Å². The van der Waals surface area contributed by atoms with Crippen LogP contribution in [0.4, 0.5) is 0 Å². The van der Waals surface area contributed by atoms with Crippen molar-refractivity contribution in [3.8, 4) is 0 Å². The van der Waals surface area contributed by atoms with Gasteiger partial charge in [-0.3, -0.25) is 0 Å². The number of aliphatic hydroxyl groups is 1. The van der Waals surface area contributed by atoms with E-state index in [0.29, 0.717) is 13.0 Å². The number of hydrogen-bond donors (Lipinski definition) is 1. The average molecular weight is 184 g/mol. The lowest BCUT2D eigenvalue weighted by Crippen LogP contribution is -2.46. The Labute approximate surface area is 80.6 Å². The van der Waals surface area contributed by atoms with Crippen molar-refractivity contribution in [3.63, 3.8) is 0 Å². The van der Waals surface area contributed by atoms with Crippen molar-refractivity contribution < 1.29 is 9.84 Å². The third kappa shape index (κ3) is 2.55. The van der Waals surface area contributed by atoms with Crippen molar-refractivity contribution in [2.75, 3.05) is 6.61 Å². The van der Waals surface area contributed by atoms with E-state index in [1.807, 2.05) is 0 Å². The van der Waals surface area contributed by atoms with Crippen LogP contribution >= 0.6 is 0 Å². The first-order valence-electron chi connectivity index (χ1n) is 5.01. The third-order valence-electron chi connectivity index (χ3n) is 2.99. The molecule has 2 atom stereocenters. The second-order valence-corrected chi connectivity index (χ2v) is 4.30. The monoisotopic (exact) mass is 184 g/mol. The van der Waals surface area contributed by atoms with Gasteiger partial charge in [-0.15, -0.1) is 6.58 Å². The molecule has 2 heteroatoms. The molecular formula is C11H20O2. The van der Waals surface area contributed by atoms with E-state index in [9.17, 15) is 5.11 Å². The Hall–Kier alpha value is -0.340. The summed E-state index contributed by atoms with van der Waals surface area (Å²) in [6.45, 7) is 8.50. The second-order valence-electron chi connectivity index (χ2n) is 4.30. The first-order chi connectivity index (χ1) is 6.04. The maximum Gasteiger partial charge on any atom is 0.0731 e. The fraction of sp³-hybridized carbons (Fsp3) is 0.818. The van der Waals surface area contributed by atoms with Gasteiger partial charge in [-0.25, -0.2) is 0 Å². The van der Waals surface area contributed by atoms with Crippen LogP contribution in [0.3, 0.4) is 0 Å². The Morgan fingerprint density at radius 1 is 1.62 bits per heavy atom. The summed E-state index contributed by atoms with van der Waals surface area (Å²) < 4.78 is 5.66. The van der Waals surface area contributed by atoms with E-state index in [4.69, 9.17) is 4.74 Å². The zero-order valence-electron chi connectivity index (χ0n) is 8.68. The molecule has 2 nitrogen and oxygen atoms in total. The molecule has 0 saturated carbocycles. The maximum absolute atomic E-state index is 10.2. The summed E-state index contributed by atoms with van der Waals surface area (Å²) in [5.41, 5.74) is -0.721. The molecule has 2 unspecified atom stereocenters. The summed E-state index contributed by atoms with van der Waals surface area (Å²) in [7, 11) is 0. The Kier molecular flexibility index (Phi) is 3.14. The molecule has 1 rings (SSSR count). The molecule has 1 N–H and O–H groups in total. The molecule has 0 bridgehead atoms. The van der Waals surface area contributed by atoms with Crippen LogP contribution in [0.25, 0.3) is 0 Å². The molecule has 1 fully saturated rings. The van der Waals surface area contributed by atoms with Crippen LogP contribution < -0.4 is 0 Å². The molecule has 1 saturated heterocycles. The predicted molar refractivity (Wildman–Crippen MR) is 53.6 cm³/mol. The highest BCUT2D eigenvalue weighted by Gasteiger charge is 2.39. The summed E-state index contributed by atoms with van der Waals surface area (Å²) >= 11 is 0. The minimum Gasteiger partial charge on any atom is -0.389 e. The van der Waals surface area contributed by atoms with Gasteiger partial charge in [0.05, 0.1) is 17.8 Å². The number of hydrogen-bond acceptors (Lipinski definition) is 2. The van der Waals surface area contributed by atoms with Crippen molar-refractivity contribution in [1.29, 1.82) is 0 Å². The van der Waals surface area contributed by atoms with E-state index in [2.05, 4.69) is 20.4 Å². The van der Waals surface area contributed by atoms with Crippen molar-refractivity contribution in [2.45, 2.75) is 50.7 Å². The zero-order chi connectivity index (χ0) is 9.95. The van der Waals surface area contributed by atoms with Gasteiger partial charge in [0.2, 0.25) is 0 Å². The van der Waals surface area contributed by atoms with Gasteiger partial charge in [0.15, 0.2) is 0 Å². The van der Waals surface area contributed by atoms with Gasteiger partial charge >= 0.3 is 0 Å². The van der Waals surface area contributed by atoms with Gasteiger partial charge in [-0.05, 0) is 26.2 Å². The van der Waals surface area contributed by atoms with Crippen LogP contribution in [-0.2, 0) is 4.74 Å². The van der Waals surface area contributed by atoms with Crippen molar-refractivity contribution >= 4 is 0 Å². The second kappa shape index (κ2) is 3.81. The molecule has 13 heavy (non-hydrogen) atoms. The summed E-state index contributed by atoms with van der Waals surface area (Å²) in [6.07, 6.45) is 4.87. The quantitative estimate of drug-likeness (QED) is 0.682. The average Bonchev–Trinajstić information content (AvgIpc) is 2.04. The van der Waals surface area contributed by atoms with Crippen molar-refractivity contribution in [1.82, 2.24) is 0 Å². The van der Waals surface area contributed by atoms with E-state index in [1.54, 1.807) is 6.08 Å². The minimum absolute atomic E-state index is 0.143. The molecule has 76 valence electrons. The van der Waals surface area contributed by atoms with Crippen molar-refractivity contribution in [2.24, 2.45) is 0 Å². The van der Waals surface area contributed by atoms with Crippen LogP contribution in [0.5, 0.6) is 0 Å². The molecule has 0 aromatic carbocycles. The Morgan fingerprint density at radius 2 is 2.31 bits per heavy atom. The molecule has 0 spiro atoms. The van der Waals surface area contributed by atoms with E-state index in [0.717, 1.165) is 19.3 Å². The summed E-state index contributed by atoms with van der Waals surface area (Å²) in [6, 6.07) is 0. The van der Waals surface area contributed by atoms with Crippen LogP contribution in [0, 0.1) is 0 Å². The fourth-order valence-electron chi connectivity index (χ4n) is 1.99. The predicted octanol–water partition coefficient (Wildman–Crippen LogP) is 2.27. The minimum atomic E-state index is -0.579. The fourth-order valence-corrected chi connectivity index (χ4v) is 1.99. The highest BCUT2D eigenvalue weighted by Crippen LogP contribution is 2.36. The molecule has 0 radical (unpaired) electrons. The zero-order valence-corrected chi connectivity index (χ0v) is 8.68. The van der Waals surface area contributed by atoms with E-state index < -0.39 is 5.60 Å². The topological polar surface area (TPSA) is 29.5 Å². The first kappa shape index (κ1) is 10.7. The molecule has 0 amide bonds. The Balaban J connectivity index is 2.64. The number of rotatable bonds is 3. The van der Waals surface area contributed by atoms with Gasteiger partial charge < -0.3 is 9.84 Å². The largest absolute Gasteiger partial charge is 0.389 e. The molecule has 0 aliphatic carbocycles. The lowest BCUT2D eigenvalue weighted by atomic mass is 9.80.